The Hall–Kier alpha value is -3.17. The predicted molar refractivity (Wildman–Crippen MR) is 133 cm³/mol. The molecule has 2 aromatic rings. The van der Waals surface area contributed by atoms with E-state index < -0.39 is 35.2 Å². The number of carbonyl (C=O) groups excluding carboxylic acids is 4. The van der Waals surface area contributed by atoms with Gasteiger partial charge in [-0.15, -0.1) is 0 Å². The Bertz CT molecular complexity index is 1190. The number of nitrogens with zero attached hydrogens (tertiary/aromatic N) is 2. The summed E-state index contributed by atoms with van der Waals surface area (Å²) in [6.07, 6.45) is 2.61. The minimum atomic E-state index is -1.42. The first kappa shape index (κ1) is 23.6. The van der Waals surface area contributed by atoms with Gasteiger partial charge >= 0.3 is 5.97 Å². The average molecular weight is 494 g/mol. The van der Waals surface area contributed by atoms with Crippen molar-refractivity contribution in [1.29, 1.82) is 0 Å². The topological polar surface area (TPSA) is 96.0 Å². The Morgan fingerprint density at radius 2 is 1.77 bits per heavy atom. The van der Waals surface area contributed by atoms with E-state index in [2.05, 4.69) is 5.32 Å². The van der Waals surface area contributed by atoms with E-state index in [1.54, 1.807) is 55.1 Å². The summed E-state index contributed by atoms with van der Waals surface area (Å²) in [5, 5.41) is 3.45. The summed E-state index contributed by atoms with van der Waals surface area (Å²) in [6, 6.07) is 15.6. The van der Waals surface area contributed by atoms with Crippen molar-refractivity contribution in [1.82, 2.24) is 5.32 Å². The van der Waals surface area contributed by atoms with E-state index in [1.807, 2.05) is 24.5 Å². The van der Waals surface area contributed by atoms with Gasteiger partial charge in [0.25, 0.3) is 5.91 Å². The molecule has 3 amide bonds. The molecule has 35 heavy (non-hydrogen) atoms. The Morgan fingerprint density at radius 3 is 2.49 bits per heavy atom. The summed E-state index contributed by atoms with van der Waals surface area (Å²) in [6.45, 7) is 1.65. The van der Waals surface area contributed by atoms with Crippen molar-refractivity contribution in [2.75, 3.05) is 35.0 Å². The SMILES string of the molecule is CCOC(=O)CN1C(=O)[C@]2(N[C@H](CCSC)[C@@H]3C(=O)N(c4ccccc4)C(=O)[C@@H]32)c2ccccc21. The van der Waals surface area contributed by atoms with E-state index >= 15 is 0 Å². The van der Waals surface area contributed by atoms with Crippen LogP contribution in [0.4, 0.5) is 11.4 Å². The maximum absolute atomic E-state index is 14.2. The summed E-state index contributed by atoms with van der Waals surface area (Å²) in [5.41, 5.74) is 0.248. The van der Waals surface area contributed by atoms with Crippen LogP contribution in [0.2, 0.25) is 0 Å². The summed E-state index contributed by atoms with van der Waals surface area (Å²) in [4.78, 5) is 56.8. The largest absolute Gasteiger partial charge is 0.465 e. The molecule has 1 spiro atoms. The van der Waals surface area contributed by atoms with E-state index in [1.165, 1.54) is 9.80 Å². The van der Waals surface area contributed by atoms with E-state index in [-0.39, 0.29) is 25.1 Å². The molecule has 3 heterocycles. The van der Waals surface area contributed by atoms with Gasteiger partial charge in [0.05, 0.1) is 24.1 Å². The number of esters is 1. The molecular formula is C26H27N3O5S. The zero-order valence-electron chi connectivity index (χ0n) is 19.6. The molecule has 3 aliphatic heterocycles. The van der Waals surface area contributed by atoms with E-state index in [9.17, 15) is 19.2 Å². The van der Waals surface area contributed by atoms with Gasteiger partial charge in [-0.25, -0.2) is 4.90 Å². The molecule has 182 valence electrons. The lowest BCUT2D eigenvalue weighted by Crippen LogP contribution is -2.55. The third-order valence-electron chi connectivity index (χ3n) is 7.11. The van der Waals surface area contributed by atoms with Crippen LogP contribution in [0, 0.1) is 11.8 Å². The molecule has 0 bridgehead atoms. The van der Waals surface area contributed by atoms with Crippen LogP contribution in [0.5, 0.6) is 0 Å². The molecule has 0 aliphatic carbocycles. The molecular weight excluding hydrogens is 466 g/mol. The standard InChI is InChI=1S/C26H27N3O5S/c1-3-34-20(30)15-28-19-12-8-7-11-17(19)26(25(28)33)22-21(18(27-26)13-14-35-2)23(31)29(24(22)32)16-9-5-4-6-10-16/h4-12,18,21-22,27H,3,13-15H2,1-2H3/t18-,21+,22-,26+/m1/s1. The highest BCUT2D eigenvalue weighted by Gasteiger charge is 2.71. The number of anilines is 2. The molecule has 0 radical (unpaired) electrons. The fraction of sp³-hybridized carbons (Fsp3) is 0.385. The highest BCUT2D eigenvalue weighted by atomic mass is 32.2. The Morgan fingerprint density at radius 1 is 1.06 bits per heavy atom. The van der Waals surface area contributed by atoms with Crippen molar-refractivity contribution in [2.45, 2.75) is 24.9 Å². The average Bonchev–Trinajstić information content (AvgIpc) is 3.43. The van der Waals surface area contributed by atoms with Gasteiger partial charge in [-0.05, 0) is 43.6 Å². The van der Waals surface area contributed by atoms with Crippen molar-refractivity contribution < 1.29 is 23.9 Å². The first-order valence-corrected chi connectivity index (χ1v) is 13.1. The van der Waals surface area contributed by atoms with Crippen molar-refractivity contribution in [3.05, 3.63) is 60.2 Å². The van der Waals surface area contributed by atoms with Crippen LogP contribution in [-0.2, 0) is 29.5 Å². The van der Waals surface area contributed by atoms with Crippen LogP contribution in [0.25, 0.3) is 0 Å². The van der Waals surface area contributed by atoms with Crippen LogP contribution in [0.3, 0.4) is 0 Å². The number of imide groups is 1. The lowest BCUT2D eigenvalue weighted by Gasteiger charge is -2.30. The zero-order chi connectivity index (χ0) is 24.7. The quantitative estimate of drug-likeness (QED) is 0.467. The number of hydrogen-bond donors (Lipinski definition) is 1. The van der Waals surface area contributed by atoms with Gasteiger partial charge in [0.15, 0.2) is 0 Å². The lowest BCUT2D eigenvalue weighted by atomic mass is 9.76. The minimum absolute atomic E-state index is 0.201. The van der Waals surface area contributed by atoms with Gasteiger partial charge in [-0.1, -0.05) is 36.4 Å². The zero-order valence-corrected chi connectivity index (χ0v) is 20.4. The predicted octanol–water partition coefficient (Wildman–Crippen LogP) is 2.32. The number of para-hydroxylation sites is 2. The maximum Gasteiger partial charge on any atom is 0.326 e. The molecule has 2 saturated heterocycles. The van der Waals surface area contributed by atoms with Crippen LogP contribution in [0.1, 0.15) is 18.9 Å². The molecule has 0 aromatic heterocycles. The number of hydrogen-bond acceptors (Lipinski definition) is 7. The van der Waals surface area contributed by atoms with Crippen LogP contribution in [0.15, 0.2) is 54.6 Å². The number of ether oxygens (including phenoxy) is 1. The lowest BCUT2D eigenvalue weighted by molar-refractivity contribution is -0.142. The van der Waals surface area contributed by atoms with E-state index in [4.69, 9.17) is 4.74 Å². The second-order valence-electron chi connectivity index (χ2n) is 8.90. The van der Waals surface area contributed by atoms with Gasteiger partial charge in [0.2, 0.25) is 11.8 Å². The van der Waals surface area contributed by atoms with Gasteiger partial charge in [-0.3, -0.25) is 29.4 Å². The van der Waals surface area contributed by atoms with Gasteiger partial charge in [0, 0.05) is 17.3 Å². The van der Waals surface area contributed by atoms with Crippen molar-refractivity contribution in [2.24, 2.45) is 11.8 Å². The fourth-order valence-electron chi connectivity index (χ4n) is 5.76. The molecule has 9 heteroatoms. The molecule has 1 N–H and O–H groups in total. The van der Waals surface area contributed by atoms with Crippen LogP contribution in [-0.4, -0.2) is 54.9 Å². The molecule has 3 aliphatic rings. The number of carbonyl (C=O) groups is 4. The van der Waals surface area contributed by atoms with Crippen molar-refractivity contribution in [3.63, 3.8) is 0 Å². The summed E-state index contributed by atoms with van der Waals surface area (Å²) < 4.78 is 5.11. The highest BCUT2D eigenvalue weighted by molar-refractivity contribution is 7.98. The van der Waals surface area contributed by atoms with Crippen molar-refractivity contribution >= 4 is 46.8 Å². The summed E-state index contributed by atoms with van der Waals surface area (Å²) in [7, 11) is 0. The van der Waals surface area contributed by atoms with Crippen LogP contribution < -0.4 is 15.1 Å². The monoisotopic (exact) mass is 493 g/mol. The number of thioether (sulfide) groups is 1. The first-order chi connectivity index (χ1) is 17.0. The molecule has 0 unspecified atom stereocenters. The molecule has 2 fully saturated rings. The second kappa shape index (κ2) is 9.13. The molecule has 2 aromatic carbocycles. The summed E-state index contributed by atoms with van der Waals surface area (Å²) in [5.74, 6) is -2.45. The van der Waals surface area contributed by atoms with Crippen molar-refractivity contribution in [3.8, 4) is 0 Å². The highest BCUT2D eigenvalue weighted by Crippen LogP contribution is 2.55. The van der Waals surface area contributed by atoms with Crippen LogP contribution >= 0.6 is 11.8 Å². The third kappa shape index (κ3) is 3.48. The molecule has 5 rings (SSSR count). The second-order valence-corrected chi connectivity index (χ2v) is 9.89. The van der Waals surface area contributed by atoms with Gasteiger partial charge in [0.1, 0.15) is 12.1 Å². The minimum Gasteiger partial charge on any atom is -0.465 e. The fourth-order valence-corrected chi connectivity index (χ4v) is 6.25. The Balaban J connectivity index is 1.63. The molecule has 0 saturated carbocycles. The number of amides is 3. The van der Waals surface area contributed by atoms with E-state index in [0.29, 0.717) is 23.4 Å². The molecule has 8 nitrogen and oxygen atoms in total. The van der Waals surface area contributed by atoms with Gasteiger partial charge < -0.3 is 4.74 Å². The number of rotatable bonds is 7. The Labute approximate surface area is 208 Å². The third-order valence-corrected chi connectivity index (χ3v) is 7.75. The number of benzene rings is 2. The van der Waals surface area contributed by atoms with Gasteiger partial charge in [-0.2, -0.15) is 11.8 Å². The first-order valence-electron chi connectivity index (χ1n) is 11.7. The summed E-state index contributed by atoms with van der Waals surface area (Å²) >= 11 is 1.65. The smallest absolute Gasteiger partial charge is 0.326 e. The number of fused-ring (bicyclic) bond motifs is 4. The Kier molecular flexibility index (Phi) is 6.14. The maximum atomic E-state index is 14.2. The van der Waals surface area contributed by atoms with E-state index in [0.717, 1.165) is 5.75 Å². The number of nitrogens with one attached hydrogen (secondary N) is 1. The molecule has 4 atom stereocenters. The normalized spacial score (nSPS) is 27.0.